The summed E-state index contributed by atoms with van der Waals surface area (Å²) in [6.07, 6.45) is 3.31. The minimum absolute atomic E-state index is 0.511. The van der Waals surface area contributed by atoms with Gasteiger partial charge in [0.25, 0.3) is 10.2 Å². The van der Waals surface area contributed by atoms with Crippen LogP contribution in [0.15, 0.2) is 60.9 Å². The first-order chi connectivity index (χ1) is 13.5. The number of nitrogens with zero attached hydrogens (tertiary/aromatic N) is 2. The molecular weight excluding hydrogens is 374 g/mol. The van der Waals surface area contributed by atoms with Crippen molar-refractivity contribution in [1.29, 1.82) is 0 Å². The van der Waals surface area contributed by atoms with Crippen LogP contribution in [0.3, 0.4) is 0 Å². The first kappa shape index (κ1) is 20.1. The van der Waals surface area contributed by atoms with E-state index in [0.29, 0.717) is 18.8 Å². The Morgan fingerprint density at radius 3 is 2.54 bits per heavy atom. The van der Waals surface area contributed by atoms with Crippen molar-refractivity contribution in [3.05, 3.63) is 83.4 Å². The largest absolute Gasteiger partial charge is 0.330 e. The van der Waals surface area contributed by atoms with E-state index in [9.17, 15) is 8.42 Å². The summed E-state index contributed by atoms with van der Waals surface area (Å²) in [4.78, 5) is 4.61. The zero-order valence-electron chi connectivity index (χ0n) is 15.8. The predicted octanol–water partition coefficient (Wildman–Crippen LogP) is 1.90. The Bertz CT molecular complexity index is 1020. The lowest BCUT2D eigenvalue weighted by Crippen LogP contribution is -2.26. The molecule has 0 unspecified atom stereocenters. The van der Waals surface area contributed by atoms with Crippen molar-refractivity contribution in [3.63, 3.8) is 0 Å². The first-order valence-corrected chi connectivity index (χ1v) is 10.6. The van der Waals surface area contributed by atoms with Gasteiger partial charge in [0.05, 0.1) is 17.7 Å². The maximum atomic E-state index is 11.7. The Morgan fingerprint density at radius 1 is 1.07 bits per heavy atom. The van der Waals surface area contributed by atoms with Crippen LogP contribution in [-0.4, -0.2) is 31.6 Å². The molecule has 0 bridgehead atoms. The average molecular weight is 400 g/mol. The van der Waals surface area contributed by atoms with Crippen molar-refractivity contribution in [1.82, 2.24) is 14.3 Å². The van der Waals surface area contributed by atoms with Gasteiger partial charge in [-0.2, -0.15) is 8.42 Å². The van der Waals surface area contributed by atoms with E-state index in [1.54, 1.807) is 6.07 Å². The molecule has 0 atom stereocenters. The fourth-order valence-corrected chi connectivity index (χ4v) is 3.62. The van der Waals surface area contributed by atoms with Crippen LogP contribution in [0.25, 0.3) is 0 Å². The van der Waals surface area contributed by atoms with Gasteiger partial charge in [0, 0.05) is 32.1 Å². The van der Waals surface area contributed by atoms with Crippen LogP contribution in [-0.2, 0) is 29.6 Å². The summed E-state index contributed by atoms with van der Waals surface area (Å²) in [5.41, 5.74) is 10.6. The normalized spacial score (nSPS) is 11.5. The molecule has 0 radical (unpaired) electrons. The molecule has 0 aliphatic rings. The number of nitrogens with two attached hydrogens (primary N) is 1. The second-order valence-electron chi connectivity index (χ2n) is 6.48. The molecule has 0 saturated heterocycles. The highest BCUT2D eigenvalue weighted by Crippen LogP contribution is 2.18. The molecule has 0 amide bonds. The number of anilines is 1. The van der Waals surface area contributed by atoms with Crippen LogP contribution < -0.4 is 15.2 Å². The summed E-state index contributed by atoms with van der Waals surface area (Å²) < 4.78 is 30.2. The van der Waals surface area contributed by atoms with E-state index in [1.165, 1.54) is 12.6 Å². The highest BCUT2D eigenvalue weighted by atomic mass is 32.2. The lowest BCUT2D eigenvalue weighted by atomic mass is 10.1. The molecule has 1 aromatic heterocycles. The zero-order valence-corrected chi connectivity index (χ0v) is 16.6. The van der Waals surface area contributed by atoms with E-state index in [4.69, 9.17) is 5.73 Å². The molecule has 3 rings (SSSR count). The number of aromatic nitrogens is 2. The molecule has 4 N–H and O–H groups in total. The van der Waals surface area contributed by atoms with Gasteiger partial charge in [-0.25, -0.2) is 9.71 Å². The smallest absolute Gasteiger partial charge is 0.298 e. The molecule has 1 heterocycles. The lowest BCUT2D eigenvalue weighted by Gasteiger charge is -2.12. The van der Waals surface area contributed by atoms with Gasteiger partial charge in [-0.15, -0.1) is 0 Å². The van der Waals surface area contributed by atoms with Crippen LogP contribution in [0.5, 0.6) is 0 Å². The molecule has 148 valence electrons. The maximum absolute atomic E-state index is 11.7. The van der Waals surface area contributed by atoms with Crippen molar-refractivity contribution in [2.45, 2.75) is 19.4 Å². The highest BCUT2D eigenvalue weighted by molar-refractivity contribution is 7.90. The molecular formula is C20H25N5O2S. The molecule has 2 aromatic carbocycles. The number of benzene rings is 2. The van der Waals surface area contributed by atoms with Crippen molar-refractivity contribution in [2.24, 2.45) is 5.73 Å². The number of hydrogen-bond acceptors (Lipinski definition) is 4. The number of nitrogens with one attached hydrogen (secondary N) is 2. The van der Waals surface area contributed by atoms with E-state index in [0.717, 1.165) is 29.8 Å². The standard InChI is InChI=1S/C20H25N5O2S/c1-22-28(26,27)24-18-9-5-8-17(12-18)14-25-15-23-19(20(25)10-11-21)13-16-6-3-2-4-7-16/h2-9,12,15,22,24H,10-11,13-14,21H2,1H3. The molecule has 3 aromatic rings. The fraction of sp³-hybridized carbons (Fsp3) is 0.250. The summed E-state index contributed by atoms with van der Waals surface area (Å²) in [5.74, 6) is 0. The van der Waals surface area contributed by atoms with E-state index in [2.05, 4.69) is 31.1 Å². The summed E-state index contributed by atoms with van der Waals surface area (Å²) in [5, 5.41) is 0. The van der Waals surface area contributed by atoms with Crippen LogP contribution in [0.4, 0.5) is 5.69 Å². The summed E-state index contributed by atoms with van der Waals surface area (Å²) in [6, 6.07) is 17.5. The fourth-order valence-electron chi connectivity index (χ4n) is 3.08. The minimum atomic E-state index is -3.55. The Morgan fingerprint density at radius 2 is 1.82 bits per heavy atom. The van der Waals surface area contributed by atoms with Crippen LogP contribution in [0, 0.1) is 0 Å². The van der Waals surface area contributed by atoms with E-state index in [1.807, 2.05) is 42.7 Å². The molecule has 8 heteroatoms. The second-order valence-corrected chi connectivity index (χ2v) is 8.10. The van der Waals surface area contributed by atoms with Gasteiger partial charge >= 0.3 is 0 Å². The van der Waals surface area contributed by atoms with Gasteiger partial charge in [-0.05, 0) is 29.8 Å². The Labute approximate surface area is 165 Å². The molecule has 7 nitrogen and oxygen atoms in total. The molecule has 0 spiro atoms. The van der Waals surface area contributed by atoms with Gasteiger partial charge in [-0.3, -0.25) is 4.72 Å². The third-order valence-corrected chi connectivity index (χ3v) is 5.47. The molecule has 0 saturated carbocycles. The topological polar surface area (TPSA) is 102 Å². The van der Waals surface area contributed by atoms with E-state index >= 15 is 0 Å². The van der Waals surface area contributed by atoms with Crippen molar-refractivity contribution in [2.75, 3.05) is 18.3 Å². The average Bonchev–Trinajstić information content (AvgIpc) is 3.04. The van der Waals surface area contributed by atoms with Crippen molar-refractivity contribution < 1.29 is 8.42 Å². The Kier molecular flexibility index (Phi) is 6.45. The molecule has 0 aliphatic carbocycles. The maximum Gasteiger partial charge on any atom is 0.298 e. The minimum Gasteiger partial charge on any atom is -0.330 e. The van der Waals surface area contributed by atoms with E-state index < -0.39 is 10.2 Å². The highest BCUT2D eigenvalue weighted by Gasteiger charge is 2.12. The summed E-state index contributed by atoms with van der Waals surface area (Å²) in [7, 11) is -2.18. The monoisotopic (exact) mass is 399 g/mol. The predicted molar refractivity (Wildman–Crippen MR) is 111 cm³/mol. The number of hydrogen-bond donors (Lipinski definition) is 3. The second kappa shape index (κ2) is 9.01. The number of rotatable bonds is 9. The molecule has 28 heavy (non-hydrogen) atoms. The van der Waals surface area contributed by atoms with E-state index in [-0.39, 0.29) is 0 Å². The van der Waals surface area contributed by atoms with Crippen molar-refractivity contribution in [3.8, 4) is 0 Å². The zero-order chi connectivity index (χ0) is 20.0. The third kappa shape index (κ3) is 5.19. The van der Waals surface area contributed by atoms with Gasteiger partial charge in [0.2, 0.25) is 0 Å². The number of imidazole rings is 1. The lowest BCUT2D eigenvalue weighted by molar-refractivity contribution is 0.593. The van der Waals surface area contributed by atoms with Gasteiger partial charge in [0.15, 0.2) is 0 Å². The Balaban J connectivity index is 1.82. The van der Waals surface area contributed by atoms with Crippen LogP contribution in [0.2, 0.25) is 0 Å². The third-order valence-electron chi connectivity index (χ3n) is 4.43. The SMILES string of the molecule is CNS(=O)(=O)Nc1cccc(Cn2cnc(Cc3ccccc3)c2CCN)c1. The summed E-state index contributed by atoms with van der Waals surface area (Å²) >= 11 is 0. The molecule has 0 aliphatic heterocycles. The van der Waals surface area contributed by atoms with Gasteiger partial charge < -0.3 is 10.3 Å². The van der Waals surface area contributed by atoms with Crippen molar-refractivity contribution >= 4 is 15.9 Å². The summed E-state index contributed by atoms with van der Waals surface area (Å²) in [6.45, 7) is 1.13. The first-order valence-electron chi connectivity index (χ1n) is 9.08. The van der Waals surface area contributed by atoms with Crippen LogP contribution in [0.1, 0.15) is 22.5 Å². The van der Waals surface area contributed by atoms with Crippen LogP contribution >= 0.6 is 0 Å². The molecule has 0 fully saturated rings. The Hall–Kier alpha value is -2.68. The van der Waals surface area contributed by atoms with Gasteiger partial charge in [-0.1, -0.05) is 42.5 Å². The quantitative estimate of drug-likeness (QED) is 0.511. The van der Waals surface area contributed by atoms with Gasteiger partial charge in [0.1, 0.15) is 0 Å².